The lowest BCUT2D eigenvalue weighted by molar-refractivity contribution is 0.101. The topological polar surface area (TPSA) is 72.9 Å². The summed E-state index contributed by atoms with van der Waals surface area (Å²) < 4.78 is 1.43. The average Bonchev–Trinajstić information content (AvgIpc) is 3.10. The molecule has 0 fully saturated rings. The summed E-state index contributed by atoms with van der Waals surface area (Å²) in [5, 5.41) is 1.85. The Morgan fingerprint density at radius 2 is 2.00 bits per heavy atom. The van der Waals surface area contributed by atoms with Crippen molar-refractivity contribution in [1.29, 1.82) is 0 Å². The second-order valence-corrected chi connectivity index (χ2v) is 5.09. The first-order chi connectivity index (χ1) is 9.74. The van der Waals surface area contributed by atoms with Crippen molar-refractivity contribution in [2.75, 3.05) is 11.2 Å². The first kappa shape index (κ1) is 12.4. The molecule has 1 aromatic carbocycles. The van der Waals surface area contributed by atoms with E-state index in [0.717, 1.165) is 11.3 Å². The molecule has 3 aromatic rings. The van der Waals surface area contributed by atoms with Gasteiger partial charge in [0.25, 0.3) is 5.91 Å². The molecule has 0 radical (unpaired) electrons. The van der Waals surface area contributed by atoms with Crippen LogP contribution in [0.1, 0.15) is 9.67 Å². The van der Waals surface area contributed by atoms with E-state index in [-0.39, 0.29) is 11.9 Å². The van der Waals surface area contributed by atoms with Crippen molar-refractivity contribution in [2.45, 2.75) is 0 Å². The number of nitrogens with zero attached hydrogens (tertiary/aromatic N) is 2. The maximum Gasteiger partial charge on any atom is 0.280 e. The van der Waals surface area contributed by atoms with Gasteiger partial charge in [0.15, 0.2) is 0 Å². The van der Waals surface area contributed by atoms with Crippen LogP contribution in [-0.4, -0.2) is 15.6 Å². The number of nitrogens with one attached hydrogen (secondary N) is 1. The quantitative estimate of drug-likeness (QED) is 0.776. The van der Waals surface area contributed by atoms with Crippen LogP contribution < -0.4 is 11.2 Å². The van der Waals surface area contributed by atoms with Gasteiger partial charge in [0.2, 0.25) is 5.95 Å². The molecule has 3 rings (SSSR count). The standard InChI is InChI=1S/C14H12N4OS/c15-14-16-11(10-5-2-1-3-6-10)9-18(14)17-13(19)12-7-4-8-20-12/h1-9H,(H2,15,16)(H,17,19). The average molecular weight is 284 g/mol. The Hall–Kier alpha value is -2.60. The number of nitrogens with two attached hydrogens (primary N) is 1. The molecule has 0 aliphatic heterocycles. The van der Waals surface area contributed by atoms with Crippen molar-refractivity contribution in [1.82, 2.24) is 9.66 Å². The Bertz CT molecular complexity index is 719. The van der Waals surface area contributed by atoms with Crippen molar-refractivity contribution < 1.29 is 4.79 Å². The van der Waals surface area contributed by atoms with Crippen LogP contribution in [0, 0.1) is 0 Å². The molecule has 3 N–H and O–H groups in total. The molecule has 2 heterocycles. The third-order valence-electron chi connectivity index (χ3n) is 2.77. The minimum absolute atomic E-state index is 0.205. The van der Waals surface area contributed by atoms with Crippen LogP contribution in [0.2, 0.25) is 0 Å². The van der Waals surface area contributed by atoms with Gasteiger partial charge < -0.3 is 5.73 Å². The monoisotopic (exact) mass is 284 g/mol. The lowest BCUT2D eigenvalue weighted by atomic mass is 10.2. The molecule has 0 aliphatic rings. The highest BCUT2D eigenvalue weighted by Crippen LogP contribution is 2.18. The molecule has 0 saturated heterocycles. The number of hydrogen-bond acceptors (Lipinski definition) is 4. The summed E-state index contributed by atoms with van der Waals surface area (Å²) in [7, 11) is 0. The van der Waals surface area contributed by atoms with Crippen LogP contribution >= 0.6 is 11.3 Å². The second-order valence-electron chi connectivity index (χ2n) is 4.14. The number of nitrogen functional groups attached to an aromatic ring is 1. The van der Waals surface area contributed by atoms with Gasteiger partial charge >= 0.3 is 0 Å². The number of imidazole rings is 1. The fourth-order valence-electron chi connectivity index (χ4n) is 1.80. The summed E-state index contributed by atoms with van der Waals surface area (Å²) in [5.74, 6) is 0.0393. The maximum absolute atomic E-state index is 12.0. The summed E-state index contributed by atoms with van der Waals surface area (Å²) in [6.45, 7) is 0. The number of anilines is 1. The van der Waals surface area contributed by atoms with Gasteiger partial charge in [-0.05, 0) is 11.4 Å². The molecule has 0 unspecified atom stereocenters. The molecule has 20 heavy (non-hydrogen) atoms. The molecular weight excluding hydrogens is 272 g/mol. The number of rotatable bonds is 3. The van der Waals surface area contributed by atoms with E-state index >= 15 is 0 Å². The zero-order valence-corrected chi connectivity index (χ0v) is 11.3. The van der Waals surface area contributed by atoms with Gasteiger partial charge in [-0.25, -0.2) is 9.66 Å². The minimum atomic E-state index is -0.205. The van der Waals surface area contributed by atoms with Gasteiger partial charge in [0.05, 0.1) is 16.8 Å². The zero-order valence-electron chi connectivity index (χ0n) is 10.5. The molecule has 5 nitrogen and oxygen atoms in total. The number of carbonyl (C=O) groups is 1. The molecule has 100 valence electrons. The smallest absolute Gasteiger partial charge is 0.280 e. The molecule has 6 heteroatoms. The van der Waals surface area contributed by atoms with E-state index in [0.29, 0.717) is 4.88 Å². The maximum atomic E-state index is 12.0. The van der Waals surface area contributed by atoms with E-state index in [9.17, 15) is 4.79 Å². The molecular formula is C14H12N4OS. The van der Waals surface area contributed by atoms with Crippen LogP contribution in [0.5, 0.6) is 0 Å². The number of thiophene rings is 1. The van der Waals surface area contributed by atoms with Crippen LogP contribution in [0.15, 0.2) is 54.0 Å². The molecule has 0 saturated carbocycles. The molecule has 0 atom stereocenters. The van der Waals surface area contributed by atoms with Crippen molar-refractivity contribution in [2.24, 2.45) is 0 Å². The third kappa shape index (κ3) is 2.41. The lowest BCUT2D eigenvalue weighted by Gasteiger charge is -2.04. The molecule has 0 spiro atoms. The normalized spacial score (nSPS) is 10.4. The number of carbonyl (C=O) groups excluding carboxylic acids is 1. The van der Waals surface area contributed by atoms with Gasteiger partial charge in [-0.1, -0.05) is 36.4 Å². The lowest BCUT2D eigenvalue weighted by Crippen LogP contribution is -2.22. The number of aromatic nitrogens is 2. The Morgan fingerprint density at radius 1 is 1.20 bits per heavy atom. The third-order valence-corrected chi connectivity index (χ3v) is 3.64. The van der Waals surface area contributed by atoms with Gasteiger partial charge in [-0.3, -0.25) is 10.2 Å². The predicted octanol–water partition coefficient (Wildman–Crippen LogP) is 2.58. The van der Waals surface area contributed by atoms with Crippen molar-refractivity contribution in [3.05, 3.63) is 58.9 Å². The Labute approximate surface area is 119 Å². The van der Waals surface area contributed by atoms with Crippen LogP contribution in [0.25, 0.3) is 11.3 Å². The highest BCUT2D eigenvalue weighted by atomic mass is 32.1. The van der Waals surface area contributed by atoms with E-state index in [1.807, 2.05) is 41.8 Å². The Kier molecular flexibility index (Phi) is 3.22. The first-order valence-corrected chi connectivity index (χ1v) is 6.87. The number of benzene rings is 1. The van der Waals surface area contributed by atoms with Gasteiger partial charge in [0, 0.05) is 5.56 Å². The predicted molar refractivity (Wildman–Crippen MR) is 80.1 cm³/mol. The minimum Gasteiger partial charge on any atom is -0.368 e. The largest absolute Gasteiger partial charge is 0.368 e. The Balaban J connectivity index is 1.85. The summed E-state index contributed by atoms with van der Waals surface area (Å²) in [5.41, 5.74) is 10.2. The van der Waals surface area contributed by atoms with E-state index in [4.69, 9.17) is 5.73 Å². The van der Waals surface area contributed by atoms with Crippen molar-refractivity contribution in [3.63, 3.8) is 0 Å². The molecule has 0 bridgehead atoms. The van der Waals surface area contributed by atoms with Crippen molar-refractivity contribution in [3.8, 4) is 11.3 Å². The summed E-state index contributed by atoms with van der Waals surface area (Å²) in [4.78, 5) is 16.8. The van der Waals surface area contributed by atoms with Crippen LogP contribution in [-0.2, 0) is 0 Å². The summed E-state index contributed by atoms with van der Waals surface area (Å²) in [6.07, 6.45) is 1.70. The van der Waals surface area contributed by atoms with Gasteiger partial charge in [-0.2, -0.15) is 0 Å². The van der Waals surface area contributed by atoms with Crippen molar-refractivity contribution >= 4 is 23.2 Å². The summed E-state index contributed by atoms with van der Waals surface area (Å²) in [6, 6.07) is 13.2. The van der Waals surface area contributed by atoms with E-state index in [1.54, 1.807) is 12.3 Å². The number of hydrogen-bond donors (Lipinski definition) is 2. The first-order valence-electron chi connectivity index (χ1n) is 5.99. The Morgan fingerprint density at radius 3 is 2.70 bits per heavy atom. The van der Waals surface area contributed by atoms with E-state index in [1.165, 1.54) is 16.0 Å². The fourth-order valence-corrected chi connectivity index (χ4v) is 2.42. The van der Waals surface area contributed by atoms with E-state index in [2.05, 4.69) is 10.4 Å². The molecule has 0 aliphatic carbocycles. The van der Waals surface area contributed by atoms with E-state index < -0.39 is 0 Å². The molecule has 1 amide bonds. The zero-order chi connectivity index (χ0) is 13.9. The highest BCUT2D eigenvalue weighted by molar-refractivity contribution is 7.12. The second kappa shape index (κ2) is 5.18. The van der Waals surface area contributed by atoms with Gasteiger partial charge in [0.1, 0.15) is 0 Å². The van der Waals surface area contributed by atoms with Gasteiger partial charge in [-0.15, -0.1) is 11.3 Å². The van der Waals surface area contributed by atoms with Crippen LogP contribution in [0.3, 0.4) is 0 Å². The highest BCUT2D eigenvalue weighted by Gasteiger charge is 2.11. The summed E-state index contributed by atoms with van der Waals surface area (Å²) >= 11 is 1.37. The SMILES string of the molecule is Nc1nc(-c2ccccc2)cn1NC(=O)c1cccs1. The van der Waals surface area contributed by atoms with Crippen LogP contribution in [0.4, 0.5) is 5.95 Å². The number of amides is 1. The fraction of sp³-hybridized carbons (Fsp3) is 0. The molecule has 2 aromatic heterocycles.